The summed E-state index contributed by atoms with van der Waals surface area (Å²) in [5.74, 6) is 0.453. The third kappa shape index (κ3) is 3.37. The predicted octanol–water partition coefficient (Wildman–Crippen LogP) is 6.52. The first kappa shape index (κ1) is 18.5. The Labute approximate surface area is 161 Å². The van der Waals surface area contributed by atoms with Gasteiger partial charge in [-0.1, -0.05) is 48.9 Å². The van der Waals surface area contributed by atoms with E-state index in [0.29, 0.717) is 16.5 Å². The first-order valence-corrected chi connectivity index (χ1v) is 9.53. The maximum Gasteiger partial charge on any atom is 0.0998 e. The average Bonchev–Trinajstić information content (AvgIpc) is 2.60. The monoisotopic (exact) mass is 364 g/mol. The molecule has 3 heteroatoms. The van der Waals surface area contributed by atoms with E-state index in [-0.39, 0.29) is 5.54 Å². The molecule has 1 heterocycles. The molecule has 1 atom stereocenters. The van der Waals surface area contributed by atoms with Crippen molar-refractivity contribution in [3.63, 3.8) is 0 Å². The van der Waals surface area contributed by atoms with Crippen LogP contribution in [-0.4, -0.2) is 12.1 Å². The summed E-state index contributed by atoms with van der Waals surface area (Å²) in [7, 11) is 0. The zero-order valence-electron chi connectivity index (χ0n) is 15.9. The maximum atomic E-state index is 9.60. The Morgan fingerprint density at radius 2 is 2.00 bits per heavy atom. The highest BCUT2D eigenvalue weighted by Gasteiger charge is 2.35. The molecule has 2 aromatic carbocycles. The third-order valence-corrected chi connectivity index (χ3v) is 5.65. The van der Waals surface area contributed by atoms with Crippen LogP contribution in [0.15, 0.2) is 42.5 Å². The quantitative estimate of drug-likeness (QED) is 0.458. The third-order valence-electron chi connectivity index (χ3n) is 5.33. The molecule has 1 aliphatic heterocycles. The van der Waals surface area contributed by atoms with Gasteiger partial charge in [0, 0.05) is 22.8 Å². The zero-order chi connectivity index (χ0) is 18.9. The number of hydrogen-bond donors (Lipinski definition) is 0. The topological polar surface area (TPSA) is 27.0 Å². The van der Waals surface area contributed by atoms with Crippen LogP contribution < -0.4 is 4.90 Å². The number of nitriles is 1. The molecule has 0 aliphatic carbocycles. The molecular weight excluding hydrogens is 340 g/mol. The lowest BCUT2D eigenvalue weighted by Crippen LogP contribution is -2.48. The number of hydrogen-bond acceptors (Lipinski definition) is 2. The fourth-order valence-electron chi connectivity index (χ4n) is 4.18. The second-order valence-electron chi connectivity index (χ2n) is 7.63. The number of fused-ring (bicyclic) bond motifs is 1. The molecule has 0 aromatic heterocycles. The van der Waals surface area contributed by atoms with Gasteiger partial charge in [-0.2, -0.15) is 5.26 Å². The molecule has 0 radical (unpaired) electrons. The van der Waals surface area contributed by atoms with Crippen molar-refractivity contribution in [2.24, 2.45) is 0 Å². The van der Waals surface area contributed by atoms with Gasteiger partial charge < -0.3 is 4.90 Å². The molecule has 0 N–H and O–H groups in total. The van der Waals surface area contributed by atoms with Crippen LogP contribution in [0.25, 0.3) is 11.6 Å². The summed E-state index contributed by atoms with van der Waals surface area (Å²) in [6.45, 7) is 10.00. The molecular formula is C23H25ClN2. The second-order valence-corrected chi connectivity index (χ2v) is 8.04. The molecule has 134 valence electrons. The van der Waals surface area contributed by atoms with Crippen LogP contribution in [-0.2, 0) is 0 Å². The summed E-state index contributed by atoms with van der Waals surface area (Å²) in [4.78, 5) is 2.43. The smallest absolute Gasteiger partial charge is 0.0998 e. The minimum atomic E-state index is 0.115. The largest absolute Gasteiger partial charge is 0.366 e. The number of anilines is 1. The van der Waals surface area contributed by atoms with Gasteiger partial charge in [0.15, 0.2) is 0 Å². The van der Waals surface area contributed by atoms with E-state index in [1.807, 2.05) is 36.4 Å². The minimum absolute atomic E-state index is 0.115. The summed E-state index contributed by atoms with van der Waals surface area (Å²) < 4.78 is 0. The van der Waals surface area contributed by atoms with Crippen LogP contribution in [0.4, 0.5) is 5.69 Å². The molecule has 0 spiro atoms. The highest BCUT2D eigenvalue weighted by molar-refractivity contribution is 6.32. The molecule has 0 saturated heterocycles. The van der Waals surface area contributed by atoms with Crippen LogP contribution in [0.2, 0.25) is 5.02 Å². The summed E-state index contributed by atoms with van der Waals surface area (Å²) in [5, 5.41) is 10.3. The highest BCUT2D eigenvalue weighted by Crippen LogP contribution is 2.45. The molecule has 0 amide bonds. The maximum absolute atomic E-state index is 9.60. The van der Waals surface area contributed by atoms with E-state index in [0.717, 1.165) is 24.1 Å². The van der Waals surface area contributed by atoms with E-state index in [4.69, 9.17) is 11.6 Å². The fraction of sp³-hybridized carbons (Fsp3) is 0.348. The van der Waals surface area contributed by atoms with Crippen molar-refractivity contribution >= 4 is 28.9 Å². The van der Waals surface area contributed by atoms with Gasteiger partial charge in [0.05, 0.1) is 11.6 Å². The Kier molecular flexibility index (Phi) is 5.12. The van der Waals surface area contributed by atoms with Gasteiger partial charge in [0.1, 0.15) is 0 Å². The number of benzene rings is 2. The number of allylic oxidation sites excluding steroid dienone is 1. The summed E-state index contributed by atoms with van der Waals surface area (Å²) in [6, 6.07) is 16.3. The molecule has 2 aromatic rings. The molecule has 0 fully saturated rings. The van der Waals surface area contributed by atoms with E-state index in [1.54, 1.807) is 0 Å². The van der Waals surface area contributed by atoms with Gasteiger partial charge >= 0.3 is 0 Å². The molecule has 2 nitrogen and oxygen atoms in total. The van der Waals surface area contributed by atoms with Gasteiger partial charge in [0.2, 0.25) is 0 Å². The molecule has 1 unspecified atom stereocenters. The normalized spacial score (nSPS) is 19.0. The first-order valence-electron chi connectivity index (χ1n) is 9.15. The van der Waals surface area contributed by atoms with Crippen molar-refractivity contribution < 1.29 is 0 Å². The van der Waals surface area contributed by atoms with Crippen molar-refractivity contribution in [3.05, 3.63) is 64.2 Å². The Morgan fingerprint density at radius 3 is 2.62 bits per heavy atom. The van der Waals surface area contributed by atoms with Gasteiger partial charge in [-0.25, -0.2) is 0 Å². The van der Waals surface area contributed by atoms with Gasteiger partial charge in [-0.15, -0.1) is 0 Å². The Balaban J connectivity index is 2.11. The Bertz CT molecular complexity index is 875. The average molecular weight is 365 g/mol. The van der Waals surface area contributed by atoms with Crippen LogP contribution in [0, 0.1) is 11.3 Å². The van der Waals surface area contributed by atoms with E-state index in [1.165, 1.54) is 11.3 Å². The summed E-state index contributed by atoms with van der Waals surface area (Å²) >= 11 is 6.63. The van der Waals surface area contributed by atoms with Crippen LogP contribution >= 0.6 is 11.6 Å². The van der Waals surface area contributed by atoms with Crippen LogP contribution in [0.3, 0.4) is 0 Å². The Morgan fingerprint density at radius 1 is 1.31 bits per heavy atom. The van der Waals surface area contributed by atoms with E-state index in [2.05, 4.69) is 50.8 Å². The highest BCUT2D eigenvalue weighted by atomic mass is 35.5. The molecule has 0 bridgehead atoms. The van der Waals surface area contributed by atoms with E-state index >= 15 is 0 Å². The van der Waals surface area contributed by atoms with Crippen molar-refractivity contribution in [3.8, 4) is 6.07 Å². The van der Waals surface area contributed by atoms with E-state index in [9.17, 15) is 5.26 Å². The lowest BCUT2D eigenvalue weighted by molar-refractivity contribution is 0.381. The fourth-order valence-corrected chi connectivity index (χ4v) is 4.40. The zero-order valence-corrected chi connectivity index (χ0v) is 16.6. The van der Waals surface area contributed by atoms with Crippen LogP contribution in [0.1, 0.15) is 56.7 Å². The number of nitrogens with zero attached hydrogens (tertiary/aromatic N) is 2. The molecule has 3 rings (SSSR count). The lowest BCUT2D eigenvalue weighted by Gasteiger charge is -2.47. The van der Waals surface area contributed by atoms with Crippen molar-refractivity contribution in [1.29, 1.82) is 5.26 Å². The molecule has 0 saturated carbocycles. The van der Waals surface area contributed by atoms with Crippen LogP contribution in [0.5, 0.6) is 0 Å². The lowest BCUT2D eigenvalue weighted by atomic mass is 9.79. The number of rotatable bonds is 3. The van der Waals surface area contributed by atoms with Gasteiger partial charge in [-0.05, 0) is 68.0 Å². The summed E-state index contributed by atoms with van der Waals surface area (Å²) in [6.07, 6.45) is 3.00. The first-order chi connectivity index (χ1) is 12.4. The van der Waals surface area contributed by atoms with Crippen molar-refractivity contribution in [1.82, 2.24) is 0 Å². The standard InChI is InChI=1S/C23H25ClN2/c1-5-26-22-13-21(24)18(12-20(22)16(2)14-23(26,3)4)11-19(15-25)17-9-7-6-8-10-17/h6-13,16H,5,14H2,1-4H3/b19-11-. The van der Waals surface area contributed by atoms with Gasteiger partial charge in [-0.3, -0.25) is 0 Å². The summed E-state index contributed by atoms with van der Waals surface area (Å²) in [5.41, 5.74) is 5.10. The number of halogens is 1. The molecule has 26 heavy (non-hydrogen) atoms. The Hall–Kier alpha value is -2.24. The SMILES string of the molecule is CCN1c2cc(Cl)c(/C=C(/C#N)c3ccccc3)cc2C(C)CC1(C)C. The van der Waals surface area contributed by atoms with Gasteiger partial charge in [0.25, 0.3) is 0 Å². The molecule has 1 aliphatic rings. The van der Waals surface area contributed by atoms with Crippen molar-refractivity contribution in [2.75, 3.05) is 11.4 Å². The minimum Gasteiger partial charge on any atom is -0.366 e. The predicted molar refractivity (Wildman–Crippen MR) is 112 cm³/mol. The second kappa shape index (κ2) is 7.17. The van der Waals surface area contributed by atoms with E-state index < -0.39 is 0 Å². The van der Waals surface area contributed by atoms with Crippen molar-refractivity contribution in [2.45, 2.75) is 45.6 Å².